The molecule has 0 spiro atoms. The molecule has 1 fully saturated rings. The van der Waals surface area contributed by atoms with E-state index in [2.05, 4.69) is 14.2 Å². The maximum absolute atomic E-state index is 11.9. The van der Waals surface area contributed by atoms with Gasteiger partial charge in [0.05, 0.1) is 40.4 Å². The van der Waals surface area contributed by atoms with Gasteiger partial charge in [0.15, 0.2) is 0 Å². The predicted octanol–water partition coefficient (Wildman–Crippen LogP) is -1.39. The monoisotopic (exact) mass is 288 g/mol. The zero-order valence-corrected chi connectivity index (χ0v) is 11.3. The van der Waals surface area contributed by atoms with Gasteiger partial charge in [-0.1, -0.05) is 0 Å². The van der Waals surface area contributed by atoms with Crippen LogP contribution in [0.15, 0.2) is 0 Å². The summed E-state index contributed by atoms with van der Waals surface area (Å²) in [4.78, 5) is 47.7. The van der Waals surface area contributed by atoms with Crippen molar-refractivity contribution < 1.29 is 33.4 Å². The lowest BCUT2D eigenvalue weighted by atomic mass is 10.4. The summed E-state index contributed by atoms with van der Waals surface area (Å²) in [6, 6.07) is 0. The molecule has 0 aromatic carbocycles. The molecule has 1 aliphatic rings. The molecule has 0 N–H and O–H groups in total. The molecule has 9 nitrogen and oxygen atoms in total. The van der Waals surface area contributed by atoms with E-state index >= 15 is 0 Å². The number of hydrogen-bond donors (Lipinski definition) is 0. The summed E-state index contributed by atoms with van der Waals surface area (Å²) in [5.74, 6) is -1.77. The Hall–Kier alpha value is -2.16. The molecule has 1 aliphatic heterocycles. The van der Waals surface area contributed by atoms with E-state index in [1.54, 1.807) is 0 Å². The smallest absolute Gasteiger partial charge is 0.416 e. The second kappa shape index (κ2) is 7.43. The zero-order chi connectivity index (χ0) is 15.1. The van der Waals surface area contributed by atoms with Gasteiger partial charge in [0.25, 0.3) is 0 Å². The molecular formula is C11H16N2O7. The predicted molar refractivity (Wildman–Crippen MR) is 63.5 cm³/mol. The first-order valence-electron chi connectivity index (χ1n) is 5.81. The standard InChI is InChI=1S/C11H16N2O7/c1-18-9(15)6-12(7-10(16)19-2)5-8(14)13-3-4-20-11(13)17/h3-7H2,1-2H3. The third-order valence-corrected chi connectivity index (χ3v) is 2.58. The Kier molecular flexibility index (Phi) is 5.91. The number of esters is 2. The number of imide groups is 1. The highest BCUT2D eigenvalue weighted by molar-refractivity contribution is 5.94. The summed E-state index contributed by atoms with van der Waals surface area (Å²) in [6.45, 7) is -0.527. The molecule has 1 heterocycles. The molecule has 1 saturated heterocycles. The van der Waals surface area contributed by atoms with Crippen molar-refractivity contribution in [2.24, 2.45) is 0 Å². The zero-order valence-electron chi connectivity index (χ0n) is 11.3. The number of cyclic esters (lactones) is 1. The molecule has 112 valence electrons. The molecular weight excluding hydrogens is 272 g/mol. The average Bonchev–Trinajstić information content (AvgIpc) is 2.84. The Morgan fingerprint density at radius 2 is 1.70 bits per heavy atom. The number of ether oxygens (including phenoxy) is 3. The van der Waals surface area contributed by atoms with Crippen LogP contribution in [0.5, 0.6) is 0 Å². The van der Waals surface area contributed by atoms with Crippen LogP contribution in [0.3, 0.4) is 0 Å². The van der Waals surface area contributed by atoms with E-state index in [1.807, 2.05) is 0 Å². The molecule has 0 atom stereocenters. The van der Waals surface area contributed by atoms with Crippen LogP contribution in [0.25, 0.3) is 0 Å². The van der Waals surface area contributed by atoms with Gasteiger partial charge in [0.1, 0.15) is 6.61 Å². The van der Waals surface area contributed by atoms with Crippen molar-refractivity contribution in [2.75, 3.05) is 47.0 Å². The van der Waals surface area contributed by atoms with Gasteiger partial charge < -0.3 is 14.2 Å². The first kappa shape index (κ1) is 15.9. The van der Waals surface area contributed by atoms with Gasteiger partial charge in [-0.2, -0.15) is 0 Å². The van der Waals surface area contributed by atoms with E-state index in [-0.39, 0.29) is 32.8 Å². The molecule has 0 aliphatic carbocycles. The number of nitrogens with zero attached hydrogens (tertiary/aromatic N) is 2. The largest absolute Gasteiger partial charge is 0.468 e. The quantitative estimate of drug-likeness (QED) is 0.435. The van der Waals surface area contributed by atoms with E-state index in [1.165, 1.54) is 19.1 Å². The maximum Gasteiger partial charge on any atom is 0.416 e. The van der Waals surface area contributed by atoms with Crippen molar-refractivity contribution in [1.29, 1.82) is 0 Å². The highest BCUT2D eigenvalue weighted by Gasteiger charge is 2.30. The third-order valence-electron chi connectivity index (χ3n) is 2.58. The SMILES string of the molecule is COC(=O)CN(CC(=O)OC)CC(=O)N1CCOC1=O. The minimum atomic E-state index is -0.730. The second-order valence-corrected chi connectivity index (χ2v) is 3.96. The number of rotatable bonds is 6. The van der Waals surface area contributed by atoms with Crippen LogP contribution in [0.2, 0.25) is 0 Å². The Morgan fingerprint density at radius 3 is 2.10 bits per heavy atom. The van der Waals surface area contributed by atoms with Gasteiger partial charge in [0, 0.05) is 0 Å². The molecule has 0 aromatic rings. The Balaban J connectivity index is 2.62. The molecule has 20 heavy (non-hydrogen) atoms. The van der Waals surface area contributed by atoms with Crippen molar-refractivity contribution >= 4 is 23.9 Å². The fraction of sp³-hybridized carbons (Fsp3) is 0.636. The van der Waals surface area contributed by atoms with Crippen LogP contribution in [-0.4, -0.2) is 80.7 Å². The van der Waals surface area contributed by atoms with Gasteiger partial charge in [-0.25, -0.2) is 9.69 Å². The summed E-state index contributed by atoms with van der Waals surface area (Å²) in [7, 11) is 2.39. The Labute approximate surface area is 115 Å². The summed E-state index contributed by atoms with van der Waals surface area (Å²) < 4.78 is 13.6. The minimum absolute atomic E-state index is 0.137. The topological polar surface area (TPSA) is 102 Å². The van der Waals surface area contributed by atoms with Gasteiger partial charge in [-0.15, -0.1) is 0 Å². The van der Waals surface area contributed by atoms with E-state index in [9.17, 15) is 19.2 Å². The highest BCUT2D eigenvalue weighted by atomic mass is 16.6. The summed E-state index contributed by atoms with van der Waals surface area (Å²) in [6.07, 6.45) is -0.730. The van der Waals surface area contributed by atoms with Crippen molar-refractivity contribution in [2.45, 2.75) is 0 Å². The molecule has 0 saturated carbocycles. The van der Waals surface area contributed by atoms with Crippen molar-refractivity contribution in [3.8, 4) is 0 Å². The van der Waals surface area contributed by atoms with Gasteiger partial charge in [-0.3, -0.25) is 19.3 Å². The molecule has 0 unspecified atom stereocenters. The lowest BCUT2D eigenvalue weighted by Gasteiger charge is -2.20. The van der Waals surface area contributed by atoms with Crippen LogP contribution in [0, 0.1) is 0 Å². The van der Waals surface area contributed by atoms with E-state index in [0.717, 1.165) is 4.90 Å². The molecule has 9 heteroatoms. The van der Waals surface area contributed by atoms with Crippen LogP contribution in [0.4, 0.5) is 4.79 Å². The summed E-state index contributed by atoms with van der Waals surface area (Å²) in [5.41, 5.74) is 0. The van der Waals surface area contributed by atoms with Crippen LogP contribution in [-0.2, 0) is 28.6 Å². The van der Waals surface area contributed by atoms with E-state index in [4.69, 9.17) is 0 Å². The Morgan fingerprint density at radius 1 is 1.15 bits per heavy atom. The lowest BCUT2D eigenvalue weighted by Crippen LogP contribution is -2.44. The molecule has 0 radical (unpaired) electrons. The van der Waals surface area contributed by atoms with Crippen molar-refractivity contribution in [3.05, 3.63) is 0 Å². The molecule has 2 amide bonds. The molecule has 1 rings (SSSR count). The number of hydrogen-bond acceptors (Lipinski definition) is 8. The maximum atomic E-state index is 11.9. The van der Waals surface area contributed by atoms with Crippen molar-refractivity contribution in [1.82, 2.24) is 9.80 Å². The van der Waals surface area contributed by atoms with E-state index < -0.39 is 23.9 Å². The average molecular weight is 288 g/mol. The summed E-state index contributed by atoms with van der Waals surface area (Å²) >= 11 is 0. The fourth-order valence-electron chi connectivity index (χ4n) is 1.56. The minimum Gasteiger partial charge on any atom is -0.468 e. The number of carbonyl (C=O) groups is 4. The molecule has 0 bridgehead atoms. The Bertz CT molecular complexity index is 392. The van der Waals surface area contributed by atoms with E-state index in [0.29, 0.717) is 0 Å². The molecule has 0 aromatic heterocycles. The fourth-order valence-corrected chi connectivity index (χ4v) is 1.56. The van der Waals surface area contributed by atoms with Crippen LogP contribution in [0.1, 0.15) is 0 Å². The number of amides is 2. The first-order valence-corrected chi connectivity index (χ1v) is 5.81. The third kappa shape index (κ3) is 4.50. The second-order valence-electron chi connectivity index (χ2n) is 3.96. The summed E-state index contributed by atoms with van der Waals surface area (Å²) in [5, 5.41) is 0. The van der Waals surface area contributed by atoms with Crippen LogP contribution >= 0.6 is 0 Å². The van der Waals surface area contributed by atoms with Gasteiger partial charge in [-0.05, 0) is 0 Å². The highest BCUT2D eigenvalue weighted by Crippen LogP contribution is 2.05. The van der Waals surface area contributed by atoms with Crippen molar-refractivity contribution in [3.63, 3.8) is 0 Å². The van der Waals surface area contributed by atoms with Crippen LogP contribution < -0.4 is 0 Å². The van der Waals surface area contributed by atoms with Gasteiger partial charge >= 0.3 is 18.0 Å². The number of methoxy groups -OCH3 is 2. The number of carbonyl (C=O) groups excluding carboxylic acids is 4. The normalized spacial score (nSPS) is 14.2. The lowest BCUT2D eigenvalue weighted by molar-refractivity contribution is -0.146. The van der Waals surface area contributed by atoms with Gasteiger partial charge in [0.2, 0.25) is 5.91 Å². The first-order chi connectivity index (χ1) is 9.47.